The lowest BCUT2D eigenvalue weighted by Crippen LogP contribution is -2.34. The summed E-state index contributed by atoms with van der Waals surface area (Å²) in [5.74, 6) is 0.253. The SMILES string of the molecule is CCCOc1ccc(C2=C(N3CCc4ccccc43)C(=O)N(Cc3ccc(C)cc3)C2=O)cc1. The maximum absolute atomic E-state index is 13.8. The molecule has 0 saturated heterocycles. The van der Waals surface area contributed by atoms with E-state index < -0.39 is 0 Å². The number of hydrogen-bond donors (Lipinski definition) is 0. The van der Waals surface area contributed by atoms with Crippen LogP contribution >= 0.6 is 0 Å². The monoisotopic (exact) mass is 452 g/mol. The molecule has 2 aliphatic rings. The Morgan fingerprint density at radius 3 is 2.35 bits per heavy atom. The van der Waals surface area contributed by atoms with Crippen LogP contribution in [0.2, 0.25) is 0 Å². The molecule has 0 bridgehead atoms. The number of ether oxygens (including phenoxy) is 1. The van der Waals surface area contributed by atoms with Gasteiger partial charge in [-0.15, -0.1) is 0 Å². The van der Waals surface area contributed by atoms with Crippen molar-refractivity contribution in [3.63, 3.8) is 0 Å². The van der Waals surface area contributed by atoms with Gasteiger partial charge in [-0.05, 0) is 54.7 Å². The second kappa shape index (κ2) is 9.18. The highest BCUT2D eigenvalue weighted by Gasteiger charge is 2.43. The van der Waals surface area contributed by atoms with E-state index in [2.05, 4.69) is 13.0 Å². The molecular formula is C29H28N2O3. The molecule has 3 aromatic rings. The summed E-state index contributed by atoms with van der Waals surface area (Å²) >= 11 is 0. The summed E-state index contributed by atoms with van der Waals surface area (Å²) in [7, 11) is 0. The lowest BCUT2D eigenvalue weighted by atomic mass is 10.0. The summed E-state index contributed by atoms with van der Waals surface area (Å²) in [6, 6.07) is 23.5. The van der Waals surface area contributed by atoms with Gasteiger partial charge < -0.3 is 9.64 Å². The van der Waals surface area contributed by atoms with Crippen LogP contribution in [0.5, 0.6) is 5.75 Å². The molecule has 5 heteroatoms. The molecule has 0 aliphatic carbocycles. The molecule has 0 saturated carbocycles. The van der Waals surface area contributed by atoms with Crippen LogP contribution in [-0.2, 0) is 22.6 Å². The number of carbonyl (C=O) groups excluding carboxylic acids is 2. The van der Waals surface area contributed by atoms with E-state index in [0.29, 0.717) is 24.4 Å². The number of benzene rings is 3. The van der Waals surface area contributed by atoms with Crippen LogP contribution in [0.15, 0.2) is 78.5 Å². The van der Waals surface area contributed by atoms with E-state index in [-0.39, 0.29) is 18.4 Å². The predicted molar refractivity (Wildman–Crippen MR) is 133 cm³/mol. The van der Waals surface area contributed by atoms with E-state index in [0.717, 1.165) is 41.0 Å². The summed E-state index contributed by atoms with van der Waals surface area (Å²) in [5.41, 5.74) is 5.90. The van der Waals surface area contributed by atoms with Gasteiger partial charge in [0, 0.05) is 12.2 Å². The zero-order valence-corrected chi connectivity index (χ0v) is 19.6. The lowest BCUT2D eigenvalue weighted by Gasteiger charge is -2.22. The molecule has 2 amide bonds. The Kier molecular flexibility index (Phi) is 5.93. The van der Waals surface area contributed by atoms with Crippen molar-refractivity contribution in [3.05, 3.63) is 101 Å². The van der Waals surface area contributed by atoms with Gasteiger partial charge in [-0.3, -0.25) is 14.5 Å². The zero-order valence-electron chi connectivity index (χ0n) is 19.6. The van der Waals surface area contributed by atoms with Crippen molar-refractivity contribution in [3.8, 4) is 5.75 Å². The maximum atomic E-state index is 13.8. The number of rotatable bonds is 7. The molecule has 0 N–H and O–H groups in total. The van der Waals surface area contributed by atoms with Crippen molar-refractivity contribution in [2.75, 3.05) is 18.1 Å². The van der Waals surface area contributed by atoms with Gasteiger partial charge in [-0.2, -0.15) is 0 Å². The number of nitrogens with zero attached hydrogens (tertiary/aromatic N) is 2. The van der Waals surface area contributed by atoms with Crippen molar-refractivity contribution in [2.24, 2.45) is 0 Å². The molecule has 0 spiro atoms. The summed E-state index contributed by atoms with van der Waals surface area (Å²) in [4.78, 5) is 30.9. The van der Waals surface area contributed by atoms with Gasteiger partial charge >= 0.3 is 0 Å². The summed E-state index contributed by atoms with van der Waals surface area (Å²) in [6.07, 6.45) is 1.77. The highest BCUT2D eigenvalue weighted by atomic mass is 16.5. The summed E-state index contributed by atoms with van der Waals surface area (Å²) in [6.45, 7) is 5.64. The average molecular weight is 453 g/mol. The first kappa shape index (κ1) is 22.0. The Hall–Kier alpha value is -3.86. The molecule has 5 nitrogen and oxygen atoms in total. The van der Waals surface area contributed by atoms with Gasteiger partial charge in [0.15, 0.2) is 0 Å². The number of carbonyl (C=O) groups is 2. The summed E-state index contributed by atoms with van der Waals surface area (Å²) < 4.78 is 5.71. The Morgan fingerprint density at radius 2 is 1.62 bits per heavy atom. The number of amides is 2. The average Bonchev–Trinajstić information content (AvgIpc) is 3.38. The fourth-order valence-corrected chi connectivity index (χ4v) is 4.60. The Morgan fingerprint density at radius 1 is 0.882 bits per heavy atom. The van der Waals surface area contributed by atoms with E-state index in [4.69, 9.17) is 4.74 Å². The second-order valence-electron chi connectivity index (χ2n) is 8.81. The molecule has 3 aromatic carbocycles. The number of fused-ring (bicyclic) bond motifs is 1. The van der Waals surface area contributed by atoms with E-state index in [1.54, 1.807) is 0 Å². The molecule has 0 aromatic heterocycles. The molecular weight excluding hydrogens is 424 g/mol. The molecule has 0 radical (unpaired) electrons. The third kappa shape index (κ3) is 3.98. The fraction of sp³-hybridized carbons (Fsp3) is 0.241. The Balaban J connectivity index is 1.55. The van der Waals surface area contributed by atoms with Crippen LogP contribution in [-0.4, -0.2) is 29.9 Å². The standard InChI is InChI=1S/C29H28N2O3/c1-3-18-34-24-14-12-23(13-15-24)26-27(30-17-16-22-6-4-5-7-25(22)30)29(33)31(28(26)32)19-21-10-8-20(2)9-11-21/h4-15H,3,16-19H2,1-2H3. The Bertz CT molecular complexity index is 1260. The van der Waals surface area contributed by atoms with E-state index in [9.17, 15) is 9.59 Å². The maximum Gasteiger partial charge on any atom is 0.278 e. The van der Waals surface area contributed by atoms with Crippen molar-refractivity contribution in [1.29, 1.82) is 0 Å². The number of imide groups is 1. The van der Waals surface area contributed by atoms with Crippen molar-refractivity contribution in [2.45, 2.75) is 33.2 Å². The quantitative estimate of drug-likeness (QED) is 0.467. The molecule has 0 unspecified atom stereocenters. The van der Waals surface area contributed by atoms with Gasteiger partial charge in [0.1, 0.15) is 11.4 Å². The van der Waals surface area contributed by atoms with Crippen LogP contribution in [0.3, 0.4) is 0 Å². The molecule has 2 heterocycles. The number of hydrogen-bond acceptors (Lipinski definition) is 4. The first-order valence-electron chi connectivity index (χ1n) is 11.8. The minimum Gasteiger partial charge on any atom is -0.494 e. The number of anilines is 1. The summed E-state index contributed by atoms with van der Waals surface area (Å²) in [5, 5.41) is 0. The topological polar surface area (TPSA) is 49.9 Å². The van der Waals surface area contributed by atoms with Gasteiger partial charge in [0.25, 0.3) is 11.8 Å². The van der Waals surface area contributed by atoms with Crippen molar-refractivity contribution >= 4 is 23.1 Å². The minimum atomic E-state index is -0.257. The third-order valence-corrected chi connectivity index (χ3v) is 6.38. The van der Waals surface area contributed by atoms with Crippen molar-refractivity contribution in [1.82, 2.24) is 4.90 Å². The normalized spacial score (nSPS) is 15.4. The predicted octanol–water partition coefficient (Wildman–Crippen LogP) is 5.13. The zero-order chi connectivity index (χ0) is 23.7. The van der Waals surface area contributed by atoms with E-state index >= 15 is 0 Å². The second-order valence-corrected chi connectivity index (χ2v) is 8.81. The van der Waals surface area contributed by atoms with Gasteiger partial charge in [0.05, 0.1) is 18.7 Å². The Labute approximate surface area is 200 Å². The van der Waals surface area contributed by atoms with Crippen LogP contribution in [0.1, 0.15) is 35.6 Å². The van der Waals surface area contributed by atoms with E-state index in [1.807, 2.05) is 78.6 Å². The molecule has 34 heavy (non-hydrogen) atoms. The highest BCUT2D eigenvalue weighted by Crippen LogP contribution is 2.39. The number of para-hydroxylation sites is 1. The van der Waals surface area contributed by atoms with Gasteiger partial charge in [0.2, 0.25) is 0 Å². The van der Waals surface area contributed by atoms with Crippen LogP contribution < -0.4 is 9.64 Å². The molecule has 2 aliphatic heterocycles. The van der Waals surface area contributed by atoms with Gasteiger partial charge in [-0.1, -0.05) is 67.1 Å². The molecule has 0 atom stereocenters. The molecule has 172 valence electrons. The fourth-order valence-electron chi connectivity index (χ4n) is 4.60. The van der Waals surface area contributed by atoms with Crippen LogP contribution in [0, 0.1) is 6.92 Å². The van der Waals surface area contributed by atoms with Crippen molar-refractivity contribution < 1.29 is 14.3 Å². The molecule has 5 rings (SSSR count). The smallest absolute Gasteiger partial charge is 0.278 e. The first-order chi connectivity index (χ1) is 16.6. The highest BCUT2D eigenvalue weighted by molar-refractivity contribution is 6.36. The number of aryl methyl sites for hydroxylation is 1. The first-order valence-corrected chi connectivity index (χ1v) is 11.8. The minimum absolute atomic E-state index is 0.247. The molecule has 0 fully saturated rings. The van der Waals surface area contributed by atoms with E-state index in [1.165, 1.54) is 10.5 Å². The largest absolute Gasteiger partial charge is 0.494 e. The van der Waals surface area contributed by atoms with Gasteiger partial charge in [-0.25, -0.2) is 0 Å². The third-order valence-electron chi connectivity index (χ3n) is 6.38. The van der Waals surface area contributed by atoms with Crippen LogP contribution in [0.25, 0.3) is 5.57 Å². The van der Waals surface area contributed by atoms with Crippen LogP contribution in [0.4, 0.5) is 5.69 Å². The lowest BCUT2D eigenvalue weighted by molar-refractivity contribution is -0.137.